The van der Waals surface area contributed by atoms with Crippen LogP contribution in [0.3, 0.4) is 0 Å². The Morgan fingerprint density at radius 3 is 2.21 bits per heavy atom. The van der Waals surface area contributed by atoms with Crippen molar-refractivity contribution in [2.24, 2.45) is 5.92 Å². The van der Waals surface area contributed by atoms with Gasteiger partial charge < -0.3 is 9.84 Å². The largest absolute Gasteiger partial charge is 0.479 e. The summed E-state index contributed by atoms with van der Waals surface area (Å²) >= 11 is 0. The first-order chi connectivity index (χ1) is 9.07. The van der Waals surface area contributed by atoms with Gasteiger partial charge in [-0.3, -0.25) is 0 Å². The Hall–Kier alpha value is -0.830. The average Bonchev–Trinajstić information content (AvgIpc) is 2.35. The molecule has 0 aliphatic heterocycles. The number of unbranched alkanes of at least 4 members (excludes halogenated alkanes) is 4. The lowest BCUT2D eigenvalue weighted by atomic mass is 10.0. The fraction of sp³-hybridized carbons (Fsp3) is 0.812. The predicted octanol–water partition coefficient (Wildman–Crippen LogP) is 4.42. The Bertz CT molecular complexity index is 246. The molecule has 0 aromatic heterocycles. The Kier molecular flexibility index (Phi) is 11.7. The number of hydrogen-bond acceptors (Lipinski definition) is 2. The zero-order valence-corrected chi connectivity index (χ0v) is 12.7. The van der Waals surface area contributed by atoms with Gasteiger partial charge in [0.2, 0.25) is 0 Å². The first-order valence-electron chi connectivity index (χ1n) is 7.48. The van der Waals surface area contributed by atoms with Crippen LogP contribution in [-0.2, 0) is 9.53 Å². The molecule has 0 aliphatic rings. The highest BCUT2D eigenvalue weighted by Gasteiger charge is 2.14. The third-order valence-corrected chi connectivity index (χ3v) is 3.22. The van der Waals surface area contributed by atoms with Crippen LogP contribution in [0, 0.1) is 5.92 Å². The van der Waals surface area contributed by atoms with Gasteiger partial charge in [0.05, 0.1) is 0 Å². The Balaban J connectivity index is 3.37. The van der Waals surface area contributed by atoms with Crippen LogP contribution in [0.5, 0.6) is 0 Å². The lowest BCUT2D eigenvalue weighted by Gasteiger charge is -2.08. The van der Waals surface area contributed by atoms with Crippen LogP contribution in [0.25, 0.3) is 0 Å². The van der Waals surface area contributed by atoms with Crippen LogP contribution >= 0.6 is 0 Å². The molecule has 0 amide bonds. The van der Waals surface area contributed by atoms with Gasteiger partial charge >= 0.3 is 5.97 Å². The maximum atomic E-state index is 10.7. The molecule has 0 rings (SSSR count). The summed E-state index contributed by atoms with van der Waals surface area (Å²) < 4.78 is 4.88. The molecule has 0 aliphatic carbocycles. The topological polar surface area (TPSA) is 46.5 Å². The lowest BCUT2D eigenvalue weighted by Crippen LogP contribution is -2.21. The number of carbonyl (C=O) groups is 1. The lowest BCUT2D eigenvalue weighted by molar-refractivity contribution is -0.148. The minimum Gasteiger partial charge on any atom is -0.479 e. The molecule has 3 nitrogen and oxygen atoms in total. The molecule has 1 N–H and O–H groups in total. The molecule has 19 heavy (non-hydrogen) atoms. The van der Waals surface area contributed by atoms with E-state index in [1.807, 2.05) is 0 Å². The summed E-state index contributed by atoms with van der Waals surface area (Å²) in [4.78, 5) is 10.7. The maximum absolute atomic E-state index is 10.7. The van der Waals surface area contributed by atoms with Crippen LogP contribution in [0.2, 0.25) is 0 Å². The monoisotopic (exact) mass is 270 g/mol. The number of ether oxygens (including phenoxy) is 1. The van der Waals surface area contributed by atoms with Crippen LogP contribution in [0.15, 0.2) is 12.2 Å². The molecular weight excluding hydrogens is 240 g/mol. The van der Waals surface area contributed by atoms with Gasteiger partial charge in [-0.15, -0.1) is 0 Å². The number of allylic oxidation sites excluding steroid dienone is 2. The van der Waals surface area contributed by atoms with Gasteiger partial charge in [0, 0.05) is 7.11 Å². The van der Waals surface area contributed by atoms with Crippen molar-refractivity contribution in [1.29, 1.82) is 0 Å². The predicted molar refractivity (Wildman–Crippen MR) is 79.3 cm³/mol. The third-order valence-electron chi connectivity index (χ3n) is 3.22. The van der Waals surface area contributed by atoms with E-state index in [-0.39, 0.29) is 0 Å². The van der Waals surface area contributed by atoms with Crippen LogP contribution in [0.1, 0.15) is 65.2 Å². The molecule has 0 aromatic rings. The molecule has 0 spiro atoms. The van der Waals surface area contributed by atoms with Crippen molar-refractivity contribution < 1.29 is 14.6 Å². The van der Waals surface area contributed by atoms with Crippen molar-refractivity contribution in [2.75, 3.05) is 7.11 Å². The van der Waals surface area contributed by atoms with E-state index in [9.17, 15) is 4.79 Å². The van der Waals surface area contributed by atoms with Gasteiger partial charge in [0.15, 0.2) is 6.10 Å². The number of methoxy groups -OCH3 is 1. The van der Waals surface area contributed by atoms with Gasteiger partial charge in [-0.2, -0.15) is 0 Å². The van der Waals surface area contributed by atoms with Crippen molar-refractivity contribution >= 4 is 5.97 Å². The zero-order chi connectivity index (χ0) is 14.5. The highest BCUT2D eigenvalue weighted by Crippen LogP contribution is 2.10. The second kappa shape index (κ2) is 12.2. The van der Waals surface area contributed by atoms with E-state index in [0.29, 0.717) is 6.42 Å². The molecule has 0 aromatic carbocycles. The summed E-state index contributed by atoms with van der Waals surface area (Å²) in [7, 11) is 1.45. The zero-order valence-electron chi connectivity index (χ0n) is 12.7. The van der Waals surface area contributed by atoms with Crippen molar-refractivity contribution in [3.05, 3.63) is 12.2 Å². The third kappa shape index (κ3) is 12.0. The first kappa shape index (κ1) is 18.2. The number of aliphatic carboxylic acids is 1. The molecule has 0 radical (unpaired) electrons. The number of carboxylic acid groups (broad SMARTS) is 1. The average molecular weight is 270 g/mol. The molecular formula is C16H30O3. The van der Waals surface area contributed by atoms with Crippen molar-refractivity contribution in [2.45, 2.75) is 71.3 Å². The molecule has 0 bridgehead atoms. The van der Waals surface area contributed by atoms with Gasteiger partial charge in [-0.25, -0.2) is 4.79 Å². The Morgan fingerprint density at radius 1 is 1.05 bits per heavy atom. The minimum atomic E-state index is -0.864. The van der Waals surface area contributed by atoms with Crippen LogP contribution in [-0.4, -0.2) is 24.3 Å². The number of rotatable bonds is 12. The summed E-state index contributed by atoms with van der Waals surface area (Å²) in [5, 5.41) is 8.79. The normalized spacial score (nSPS) is 13.3. The summed E-state index contributed by atoms with van der Waals surface area (Å²) in [6.45, 7) is 4.54. The molecule has 0 saturated carbocycles. The Morgan fingerprint density at radius 2 is 1.68 bits per heavy atom. The maximum Gasteiger partial charge on any atom is 0.332 e. The Labute approximate surface area is 118 Å². The van der Waals surface area contributed by atoms with E-state index in [1.54, 1.807) is 0 Å². The van der Waals surface area contributed by atoms with E-state index in [1.165, 1.54) is 32.8 Å². The van der Waals surface area contributed by atoms with Crippen molar-refractivity contribution in [3.8, 4) is 0 Å². The van der Waals surface area contributed by atoms with Gasteiger partial charge in [-0.05, 0) is 38.0 Å². The molecule has 3 heteroatoms. The second-order valence-corrected chi connectivity index (χ2v) is 5.50. The molecule has 0 saturated heterocycles. The summed E-state index contributed by atoms with van der Waals surface area (Å²) in [5.41, 5.74) is 0. The van der Waals surface area contributed by atoms with Gasteiger partial charge in [-0.1, -0.05) is 45.3 Å². The molecule has 1 unspecified atom stereocenters. The summed E-state index contributed by atoms with van der Waals surface area (Å²) in [6.07, 6.45) is 12.5. The van der Waals surface area contributed by atoms with Gasteiger partial charge in [0.1, 0.15) is 0 Å². The van der Waals surface area contributed by atoms with Crippen molar-refractivity contribution in [3.63, 3.8) is 0 Å². The quantitative estimate of drug-likeness (QED) is 0.422. The minimum absolute atomic E-state index is 0.588. The van der Waals surface area contributed by atoms with Gasteiger partial charge in [0.25, 0.3) is 0 Å². The molecule has 1 atom stereocenters. The molecule has 0 fully saturated rings. The fourth-order valence-electron chi connectivity index (χ4n) is 1.99. The fourth-order valence-corrected chi connectivity index (χ4v) is 1.99. The number of hydrogen-bond donors (Lipinski definition) is 1. The smallest absolute Gasteiger partial charge is 0.332 e. The summed E-state index contributed by atoms with van der Waals surface area (Å²) in [6, 6.07) is 0. The van der Waals surface area contributed by atoms with Crippen LogP contribution in [0.4, 0.5) is 0 Å². The highest BCUT2D eigenvalue weighted by atomic mass is 16.5. The SMILES string of the molecule is COC(CCC/C=C\CCCCCC(C)C)C(=O)O. The van der Waals surface area contributed by atoms with Crippen LogP contribution < -0.4 is 0 Å². The van der Waals surface area contributed by atoms with E-state index in [2.05, 4.69) is 26.0 Å². The number of carboxylic acids is 1. The second-order valence-electron chi connectivity index (χ2n) is 5.50. The van der Waals surface area contributed by atoms with E-state index < -0.39 is 12.1 Å². The van der Waals surface area contributed by atoms with Crippen molar-refractivity contribution in [1.82, 2.24) is 0 Å². The van der Waals surface area contributed by atoms with E-state index >= 15 is 0 Å². The first-order valence-corrected chi connectivity index (χ1v) is 7.48. The molecule has 112 valence electrons. The van der Waals surface area contributed by atoms with E-state index in [0.717, 1.165) is 25.2 Å². The standard InChI is InChI=1S/C16H30O3/c1-14(2)12-10-8-6-4-5-7-9-11-13-15(19-3)16(17)18/h5,7,14-15H,4,6,8-13H2,1-3H3,(H,17,18)/b7-5-. The summed E-state index contributed by atoms with van der Waals surface area (Å²) in [5.74, 6) is -0.0462. The highest BCUT2D eigenvalue weighted by molar-refractivity contribution is 5.72. The molecule has 0 heterocycles. The van der Waals surface area contributed by atoms with E-state index in [4.69, 9.17) is 9.84 Å².